The molecule has 0 aliphatic heterocycles. The summed E-state index contributed by atoms with van der Waals surface area (Å²) in [5.74, 6) is 0.566. The lowest BCUT2D eigenvalue weighted by atomic mass is 9.88. The molecule has 0 saturated heterocycles. The second kappa shape index (κ2) is 4.37. The minimum Gasteiger partial charge on any atom is -0.0804 e. The Morgan fingerprint density at radius 3 is 2.88 bits per heavy atom. The normalized spacial score (nSPS) is 22.8. The molecule has 0 heteroatoms. The van der Waals surface area contributed by atoms with E-state index in [0.717, 1.165) is 6.42 Å². The number of fused-ring (bicyclic) bond motifs is 1. The van der Waals surface area contributed by atoms with E-state index < -0.39 is 0 Å². The van der Waals surface area contributed by atoms with Crippen molar-refractivity contribution in [2.75, 3.05) is 0 Å². The first-order chi connectivity index (χ1) is 8.36. The first kappa shape index (κ1) is 10.6. The van der Waals surface area contributed by atoms with E-state index in [0.29, 0.717) is 5.92 Å². The molecule has 0 N–H and O–H groups in total. The molecule has 2 aliphatic carbocycles. The summed E-state index contributed by atoms with van der Waals surface area (Å²) in [6, 6.07) is 8.92. The van der Waals surface area contributed by atoms with Crippen LogP contribution in [0.3, 0.4) is 0 Å². The molecule has 17 heavy (non-hydrogen) atoms. The van der Waals surface area contributed by atoms with E-state index in [4.69, 9.17) is 0 Å². The number of hydrogen-bond acceptors (Lipinski definition) is 0. The number of benzene rings is 1. The fourth-order valence-corrected chi connectivity index (χ4v) is 3.02. The molecular weight excluding hydrogens is 204 g/mol. The van der Waals surface area contributed by atoms with Crippen LogP contribution >= 0.6 is 0 Å². The van der Waals surface area contributed by atoms with E-state index in [1.807, 2.05) is 0 Å². The van der Waals surface area contributed by atoms with E-state index in [2.05, 4.69) is 55.5 Å². The van der Waals surface area contributed by atoms with Crippen molar-refractivity contribution in [1.82, 2.24) is 0 Å². The highest BCUT2D eigenvalue weighted by Gasteiger charge is 2.20. The van der Waals surface area contributed by atoms with Crippen LogP contribution in [0, 0.1) is 0 Å². The van der Waals surface area contributed by atoms with Gasteiger partial charge in [-0.15, -0.1) is 0 Å². The summed E-state index contributed by atoms with van der Waals surface area (Å²) >= 11 is 0. The predicted molar refractivity (Wildman–Crippen MR) is 73.1 cm³/mol. The number of rotatable bonds is 0. The Morgan fingerprint density at radius 2 is 1.94 bits per heavy atom. The highest BCUT2D eigenvalue weighted by molar-refractivity contribution is 5.45. The summed E-state index contributed by atoms with van der Waals surface area (Å²) in [5.41, 5.74) is 6.23. The highest BCUT2D eigenvalue weighted by Crippen LogP contribution is 2.37. The smallest absolute Gasteiger partial charge is 0.00314 e. The van der Waals surface area contributed by atoms with E-state index >= 15 is 0 Å². The molecule has 1 aromatic carbocycles. The lowest BCUT2D eigenvalue weighted by Crippen LogP contribution is -2.00. The van der Waals surface area contributed by atoms with Crippen LogP contribution < -0.4 is 0 Å². The molecular formula is C17H18. The zero-order valence-corrected chi connectivity index (χ0v) is 10.3. The number of allylic oxidation sites excluding steroid dienone is 6. The minimum absolute atomic E-state index is 0.566. The zero-order valence-electron chi connectivity index (χ0n) is 10.3. The standard InChI is InChI=1S/C17H18/c1-13-16-9-4-2-3-7-14(16)11-12-15-8-5-6-10-17(13)15/h2-8,10,13H,9,11-12H2,1H3. The van der Waals surface area contributed by atoms with Crippen LogP contribution in [0.4, 0.5) is 0 Å². The minimum atomic E-state index is 0.566. The fourth-order valence-electron chi connectivity index (χ4n) is 3.02. The second-order valence-corrected chi connectivity index (χ2v) is 4.96. The van der Waals surface area contributed by atoms with Crippen molar-refractivity contribution >= 4 is 0 Å². The molecule has 0 fully saturated rings. The second-order valence-electron chi connectivity index (χ2n) is 4.96. The highest BCUT2D eigenvalue weighted by atomic mass is 14.2. The maximum atomic E-state index is 2.35. The molecule has 0 heterocycles. The molecule has 1 atom stereocenters. The van der Waals surface area contributed by atoms with E-state index in [1.165, 1.54) is 24.0 Å². The average molecular weight is 222 g/mol. The molecule has 86 valence electrons. The molecule has 0 amide bonds. The van der Waals surface area contributed by atoms with Crippen molar-refractivity contribution in [2.24, 2.45) is 0 Å². The monoisotopic (exact) mass is 222 g/mol. The fraction of sp³-hybridized carbons (Fsp3) is 0.294. The average Bonchev–Trinajstić information content (AvgIpc) is 2.66. The summed E-state index contributed by atoms with van der Waals surface area (Å²) in [6.07, 6.45) is 12.4. The van der Waals surface area contributed by atoms with Gasteiger partial charge in [0, 0.05) is 5.92 Å². The lowest BCUT2D eigenvalue weighted by Gasteiger charge is -2.17. The summed E-state index contributed by atoms with van der Waals surface area (Å²) < 4.78 is 0. The maximum Gasteiger partial charge on any atom is 0.00314 e. The largest absolute Gasteiger partial charge is 0.0804 e. The van der Waals surface area contributed by atoms with Gasteiger partial charge in [0.05, 0.1) is 0 Å². The third-order valence-corrected chi connectivity index (χ3v) is 4.00. The molecule has 0 bridgehead atoms. The molecule has 0 aromatic heterocycles. The van der Waals surface area contributed by atoms with Gasteiger partial charge < -0.3 is 0 Å². The topological polar surface area (TPSA) is 0 Å². The summed E-state index contributed by atoms with van der Waals surface area (Å²) in [7, 11) is 0. The Balaban J connectivity index is 2.09. The molecule has 0 saturated carbocycles. The van der Waals surface area contributed by atoms with Crippen molar-refractivity contribution in [1.29, 1.82) is 0 Å². The van der Waals surface area contributed by atoms with Crippen LogP contribution in [0.1, 0.15) is 36.8 Å². The Labute approximate surface area is 103 Å². The van der Waals surface area contributed by atoms with Crippen molar-refractivity contribution in [3.05, 3.63) is 70.8 Å². The van der Waals surface area contributed by atoms with Crippen molar-refractivity contribution < 1.29 is 0 Å². The third-order valence-electron chi connectivity index (χ3n) is 4.00. The summed E-state index contributed by atoms with van der Waals surface area (Å²) in [6.45, 7) is 2.35. The van der Waals surface area contributed by atoms with Gasteiger partial charge >= 0.3 is 0 Å². The van der Waals surface area contributed by atoms with Crippen molar-refractivity contribution in [2.45, 2.75) is 32.1 Å². The van der Waals surface area contributed by atoms with Crippen molar-refractivity contribution in [3.63, 3.8) is 0 Å². The van der Waals surface area contributed by atoms with Gasteiger partial charge in [0.25, 0.3) is 0 Å². The maximum absolute atomic E-state index is 2.35. The Morgan fingerprint density at radius 1 is 1.06 bits per heavy atom. The zero-order chi connectivity index (χ0) is 11.7. The van der Waals surface area contributed by atoms with Gasteiger partial charge in [-0.2, -0.15) is 0 Å². The molecule has 2 aliphatic rings. The molecule has 1 aromatic rings. The van der Waals surface area contributed by atoms with Crippen LogP contribution in [0.2, 0.25) is 0 Å². The van der Waals surface area contributed by atoms with Gasteiger partial charge in [0.2, 0.25) is 0 Å². The number of hydrogen-bond donors (Lipinski definition) is 0. The SMILES string of the molecule is CC1C2=C(C=CC=CC2)CCc2ccccc21. The van der Waals surface area contributed by atoms with E-state index in [1.54, 1.807) is 11.1 Å². The van der Waals surface area contributed by atoms with Crippen LogP contribution in [0.15, 0.2) is 59.7 Å². The third kappa shape index (κ3) is 1.88. The van der Waals surface area contributed by atoms with Crippen LogP contribution in [0.5, 0.6) is 0 Å². The van der Waals surface area contributed by atoms with Gasteiger partial charge in [-0.05, 0) is 36.0 Å². The Bertz CT molecular complexity index is 515. The number of aryl methyl sites for hydroxylation is 1. The first-order valence-electron chi connectivity index (χ1n) is 6.49. The van der Waals surface area contributed by atoms with Crippen LogP contribution in [-0.4, -0.2) is 0 Å². The van der Waals surface area contributed by atoms with Gasteiger partial charge in [-0.1, -0.05) is 61.1 Å². The van der Waals surface area contributed by atoms with Crippen LogP contribution in [-0.2, 0) is 6.42 Å². The Kier molecular flexibility index (Phi) is 2.72. The van der Waals surface area contributed by atoms with Crippen LogP contribution in [0.25, 0.3) is 0 Å². The first-order valence-corrected chi connectivity index (χ1v) is 6.49. The molecule has 0 radical (unpaired) electrons. The molecule has 3 rings (SSSR count). The van der Waals surface area contributed by atoms with Gasteiger partial charge in [-0.25, -0.2) is 0 Å². The van der Waals surface area contributed by atoms with Gasteiger partial charge in [0.15, 0.2) is 0 Å². The van der Waals surface area contributed by atoms with E-state index in [-0.39, 0.29) is 0 Å². The predicted octanol–water partition coefficient (Wildman–Crippen LogP) is 4.55. The molecule has 0 spiro atoms. The molecule has 1 unspecified atom stereocenters. The molecule has 0 nitrogen and oxygen atoms in total. The van der Waals surface area contributed by atoms with E-state index in [9.17, 15) is 0 Å². The van der Waals surface area contributed by atoms with Gasteiger partial charge in [-0.3, -0.25) is 0 Å². The van der Waals surface area contributed by atoms with Gasteiger partial charge in [0.1, 0.15) is 0 Å². The summed E-state index contributed by atoms with van der Waals surface area (Å²) in [4.78, 5) is 0. The summed E-state index contributed by atoms with van der Waals surface area (Å²) in [5, 5.41) is 0. The van der Waals surface area contributed by atoms with Crippen molar-refractivity contribution in [3.8, 4) is 0 Å². The quantitative estimate of drug-likeness (QED) is 0.604. The Hall–Kier alpha value is -1.56. The lowest BCUT2D eigenvalue weighted by molar-refractivity contribution is 0.852.